The van der Waals surface area contributed by atoms with Crippen molar-refractivity contribution in [1.29, 1.82) is 5.26 Å². The molecule has 6 rings (SSSR count). The van der Waals surface area contributed by atoms with Gasteiger partial charge in [0.1, 0.15) is 30.9 Å². The van der Waals surface area contributed by atoms with Gasteiger partial charge in [-0.05, 0) is 55.3 Å². The number of amides is 1. The van der Waals surface area contributed by atoms with E-state index in [4.69, 9.17) is 14.6 Å². The standard InChI is InChI=1S/C32H37FN8O4/c33-27-19-41(30(43)20-42)10-7-29(27)45-28-6-1-22(17-23(28)18-34)31-35-21-36-32(38-31)37-24-2-4-25(5-3-24)39-11-13-40(14-12-39)26-8-15-44-16-9-26/h1-6,17,21,26-27,29,42H,7-16,19-20H2,(H,35,36,37,38)/t27-,29-/m0/s1. The number of nitriles is 1. The third-order valence-corrected chi connectivity index (χ3v) is 8.69. The minimum atomic E-state index is -1.45. The molecule has 3 aliphatic heterocycles. The van der Waals surface area contributed by atoms with Crippen molar-refractivity contribution >= 4 is 23.2 Å². The number of benzene rings is 2. The van der Waals surface area contributed by atoms with Crippen LogP contribution in [0.15, 0.2) is 48.8 Å². The molecule has 1 amide bonds. The van der Waals surface area contributed by atoms with Crippen LogP contribution in [0.4, 0.5) is 21.7 Å². The quantitative estimate of drug-likeness (QED) is 0.386. The molecule has 0 saturated carbocycles. The Morgan fingerprint density at radius 3 is 2.56 bits per heavy atom. The number of nitrogens with zero attached hydrogens (tertiary/aromatic N) is 7. The van der Waals surface area contributed by atoms with Gasteiger partial charge in [-0.25, -0.2) is 14.4 Å². The van der Waals surface area contributed by atoms with E-state index in [0.29, 0.717) is 23.4 Å². The van der Waals surface area contributed by atoms with Crippen LogP contribution in [-0.4, -0.2) is 113 Å². The number of likely N-dealkylation sites (tertiary alicyclic amines) is 1. The second kappa shape index (κ2) is 14.2. The van der Waals surface area contributed by atoms with Gasteiger partial charge >= 0.3 is 0 Å². The zero-order valence-electron chi connectivity index (χ0n) is 25.0. The Morgan fingerprint density at radius 1 is 1.07 bits per heavy atom. The predicted octanol–water partition coefficient (Wildman–Crippen LogP) is 2.76. The fraction of sp³-hybridized carbons (Fsp3) is 0.469. The summed E-state index contributed by atoms with van der Waals surface area (Å²) >= 11 is 0. The number of ether oxygens (including phenoxy) is 2. The van der Waals surface area contributed by atoms with E-state index in [1.807, 2.05) is 12.1 Å². The third-order valence-electron chi connectivity index (χ3n) is 8.69. The van der Waals surface area contributed by atoms with E-state index >= 15 is 0 Å². The molecule has 45 heavy (non-hydrogen) atoms. The van der Waals surface area contributed by atoms with Gasteiger partial charge < -0.3 is 29.7 Å². The van der Waals surface area contributed by atoms with Gasteiger partial charge in [-0.3, -0.25) is 9.69 Å². The van der Waals surface area contributed by atoms with E-state index in [1.165, 1.54) is 16.9 Å². The van der Waals surface area contributed by atoms with Crippen LogP contribution in [0.2, 0.25) is 0 Å². The highest BCUT2D eigenvalue weighted by Gasteiger charge is 2.33. The average Bonchev–Trinajstić information content (AvgIpc) is 3.10. The highest BCUT2D eigenvalue weighted by molar-refractivity contribution is 5.77. The van der Waals surface area contributed by atoms with Crippen molar-refractivity contribution in [2.75, 3.05) is 69.3 Å². The molecule has 4 heterocycles. The van der Waals surface area contributed by atoms with Crippen LogP contribution >= 0.6 is 0 Å². The van der Waals surface area contributed by atoms with Crippen LogP contribution in [0.1, 0.15) is 24.8 Å². The summed E-state index contributed by atoms with van der Waals surface area (Å²) < 4.78 is 26.1. The minimum Gasteiger partial charge on any atom is -0.486 e. The van der Waals surface area contributed by atoms with Crippen LogP contribution < -0.4 is 15.0 Å². The second-order valence-corrected chi connectivity index (χ2v) is 11.5. The molecular formula is C32H37FN8O4. The normalized spacial score (nSPS) is 21.3. The topological polar surface area (TPSA) is 140 Å². The predicted molar refractivity (Wildman–Crippen MR) is 165 cm³/mol. The molecule has 236 valence electrons. The maximum atomic E-state index is 14.8. The third kappa shape index (κ3) is 7.30. The first kappa shape index (κ1) is 30.6. The van der Waals surface area contributed by atoms with E-state index in [9.17, 15) is 14.4 Å². The highest BCUT2D eigenvalue weighted by atomic mass is 19.1. The number of halogens is 1. The number of carbonyl (C=O) groups excluding carboxylic acids is 1. The number of alkyl halides is 1. The van der Waals surface area contributed by atoms with Crippen LogP contribution in [0.25, 0.3) is 11.4 Å². The molecule has 3 aromatic rings. The van der Waals surface area contributed by atoms with E-state index < -0.39 is 24.8 Å². The van der Waals surface area contributed by atoms with Gasteiger partial charge in [0.05, 0.1) is 12.1 Å². The number of aromatic nitrogens is 3. The number of anilines is 3. The fourth-order valence-corrected chi connectivity index (χ4v) is 6.14. The molecule has 1 aromatic heterocycles. The number of rotatable bonds is 8. The summed E-state index contributed by atoms with van der Waals surface area (Å²) in [5, 5.41) is 22.1. The Labute approximate surface area is 261 Å². The fourth-order valence-electron chi connectivity index (χ4n) is 6.14. The molecule has 2 aromatic carbocycles. The van der Waals surface area contributed by atoms with Crippen molar-refractivity contribution in [1.82, 2.24) is 24.8 Å². The molecule has 3 fully saturated rings. The molecule has 0 bridgehead atoms. The van der Waals surface area contributed by atoms with Crippen LogP contribution in [-0.2, 0) is 9.53 Å². The first-order valence-electron chi connectivity index (χ1n) is 15.4. The van der Waals surface area contributed by atoms with E-state index in [0.717, 1.165) is 57.9 Å². The summed E-state index contributed by atoms with van der Waals surface area (Å²) in [4.78, 5) is 31.1. The van der Waals surface area contributed by atoms with Gasteiger partial charge in [0.25, 0.3) is 0 Å². The van der Waals surface area contributed by atoms with Crippen LogP contribution in [0.3, 0.4) is 0 Å². The van der Waals surface area contributed by atoms with Crippen molar-refractivity contribution in [2.24, 2.45) is 0 Å². The molecular weight excluding hydrogens is 579 g/mol. The number of carbonyl (C=O) groups is 1. The number of piperazine rings is 1. The number of piperidine rings is 1. The Bertz CT molecular complexity index is 1510. The lowest BCUT2D eigenvalue weighted by Crippen LogP contribution is -2.51. The summed E-state index contributed by atoms with van der Waals surface area (Å²) in [6, 6.07) is 15.9. The molecule has 3 aliphatic rings. The molecule has 0 spiro atoms. The number of hydrogen-bond acceptors (Lipinski definition) is 11. The van der Waals surface area contributed by atoms with Crippen molar-refractivity contribution < 1.29 is 23.8 Å². The second-order valence-electron chi connectivity index (χ2n) is 11.5. The largest absolute Gasteiger partial charge is 0.486 e. The summed E-state index contributed by atoms with van der Waals surface area (Å²) in [6.45, 7) is 5.28. The van der Waals surface area contributed by atoms with E-state index in [-0.39, 0.29) is 30.8 Å². The Balaban J connectivity index is 1.06. The summed E-state index contributed by atoms with van der Waals surface area (Å²) in [5.74, 6) is 0.458. The average molecular weight is 617 g/mol. The zero-order chi connectivity index (χ0) is 31.2. The molecule has 13 heteroatoms. The van der Waals surface area contributed by atoms with Gasteiger partial charge in [-0.1, -0.05) is 0 Å². The monoisotopic (exact) mass is 616 g/mol. The lowest BCUT2D eigenvalue weighted by Gasteiger charge is -2.41. The van der Waals surface area contributed by atoms with Gasteiger partial charge in [0, 0.05) is 75.3 Å². The van der Waals surface area contributed by atoms with Gasteiger partial charge in [-0.2, -0.15) is 10.2 Å². The van der Waals surface area contributed by atoms with Gasteiger partial charge in [0.2, 0.25) is 11.9 Å². The van der Waals surface area contributed by atoms with Crippen molar-refractivity contribution in [3.05, 3.63) is 54.4 Å². The molecule has 0 radical (unpaired) electrons. The van der Waals surface area contributed by atoms with Crippen molar-refractivity contribution in [2.45, 2.75) is 37.6 Å². The Hall–Kier alpha value is -4.38. The maximum Gasteiger partial charge on any atom is 0.248 e. The number of nitrogens with one attached hydrogen (secondary N) is 1. The summed E-state index contributed by atoms with van der Waals surface area (Å²) in [7, 11) is 0. The van der Waals surface area contributed by atoms with Gasteiger partial charge in [0.15, 0.2) is 12.0 Å². The summed E-state index contributed by atoms with van der Waals surface area (Å²) in [5.41, 5.74) is 2.82. The maximum absolute atomic E-state index is 14.8. The first-order valence-corrected chi connectivity index (χ1v) is 15.4. The minimum absolute atomic E-state index is 0.165. The number of hydrogen-bond donors (Lipinski definition) is 2. The van der Waals surface area contributed by atoms with Crippen LogP contribution in [0, 0.1) is 11.3 Å². The van der Waals surface area contributed by atoms with Crippen molar-refractivity contribution in [3.63, 3.8) is 0 Å². The van der Waals surface area contributed by atoms with E-state index in [1.54, 1.807) is 18.2 Å². The van der Waals surface area contributed by atoms with Gasteiger partial charge in [-0.15, -0.1) is 0 Å². The van der Waals surface area contributed by atoms with Crippen molar-refractivity contribution in [3.8, 4) is 23.2 Å². The number of aliphatic hydroxyl groups is 1. The molecule has 0 aliphatic carbocycles. The SMILES string of the molecule is N#Cc1cc(-c2ncnc(Nc3ccc(N4CCN(C5CCOCC5)CC4)cc3)n2)ccc1O[C@H]1CCN(C(=O)CO)C[C@@H]1F. The first-order chi connectivity index (χ1) is 22.0. The molecule has 2 atom stereocenters. The lowest BCUT2D eigenvalue weighted by molar-refractivity contribution is -0.138. The summed E-state index contributed by atoms with van der Waals surface area (Å²) in [6.07, 6.45) is 1.64. The zero-order valence-corrected chi connectivity index (χ0v) is 25.0. The molecule has 2 N–H and O–H groups in total. The van der Waals surface area contributed by atoms with E-state index in [2.05, 4.69) is 48.3 Å². The lowest BCUT2D eigenvalue weighted by atomic mass is 10.0. The highest BCUT2D eigenvalue weighted by Crippen LogP contribution is 2.29. The molecule has 12 nitrogen and oxygen atoms in total. The molecule has 3 saturated heterocycles. The Morgan fingerprint density at radius 2 is 1.84 bits per heavy atom. The molecule has 0 unspecified atom stereocenters. The number of aliphatic hydroxyl groups excluding tert-OH is 1. The van der Waals surface area contributed by atoms with Crippen LogP contribution in [0.5, 0.6) is 5.75 Å². The smallest absolute Gasteiger partial charge is 0.248 e. The Kier molecular flexibility index (Phi) is 9.63.